The molecule has 0 bridgehead atoms. The molecule has 3 N–H and O–H groups in total. The summed E-state index contributed by atoms with van der Waals surface area (Å²) in [5.41, 5.74) is 0. The molecule has 0 aromatic heterocycles. The number of ether oxygens (including phenoxy) is 1. The Labute approximate surface area is 78.9 Å². The highest BCUT2D eigenvalue weighted by Crippen LogP contribution is 2.24. The third-order valence-corrected chi connectivity index (χ3v) is 2.46. The summed E-state index contributed by atoms with van der Waals surface area (Å²) in [6, 6.07) is 0. The maximum absolute atomic E-state index is 11.2. The number of nitrogens with zero attached hydrogens (tertiary/aromatic N) is 1. The molecule has 1 saturated heterocycles. The van der Waals surface area contributed by atoms with E-state index >= 15 is 0 Å². The molecule has 0 unspecified atom stereocenters. The molecule has 0 saturated carbocycles. The van der Waals surface area contributed by atoms with E-state index < -0.39 is 17.1 Å². The van der Waals surface area contributed by atoms with Crippen LogP contribution in [0.1, 0.15) is 6.92 Å². The molecule has 1 aliphatic rings. The fourth-order valence-electron chi connectivity index (χ4n) is 0.812. The topological polar surface area (TPSA) is 96.5 Å². The first-order valence-corrected chi connectivity index (χ1v) is 4.46. The molecule has 72 valence electrons. The number of hydrogen-bond donors (Lipinski definition) is 2. The van der Waals surface area contributed by atoms with Crippen LogP contribution in [0.4, 0.5) is 0 Å². The van der Waals surface area contributed by atoms with Gasteiger partial charge >= 0.3 is 5.97 Å². The van der Waals surface area contributed by atoms with Gasteiger partial charge in [0.2, 0.25) is 0 Å². The summed E-state index contributed by atoms with van der Waals surface area (Å²) < 4.78 is 4.63. The first kappa shape index (κ1) is 10.0. The van der Waals surface area contributed by atoms with Crippen LogP contribution in [-0.2, 0) is 14.3 Å². The van der Waals surface area contributed by atoms with Gasteiger partial charge < -0.3 is 4.74 Å². The zero-order chi connectivity index (χ0) is 10.0. The number of amides is 1. The van der Waals surface area contributed by atoms with Crippen LogP contribution in [0.25, 0.3) is 0 Å². The molecule has 1 rings (SSSR count). The summed E-state index contributed by atoms with van der Waals surface area (Å²) in [4.78, 5) is 22.3. The summed E-state index contributed by atoms with van der Waals surface area (Å²) in [7, 11) is 0. The highest BCUT2D eigenvalue weighted by Gasteiger charge is 2.41. The van der Waals surface area contributed by atoms with Crippen LogP contribution in [0.5, 0.6) is 0 Å². The van der Waals surface area contributed by atoms with Gasteiger partial charge in [-0.1, -0.05) is 11.8 Å². The van der Waals surface area contributed by atoms with Crippen LogP contribution in [0.2, 0.25) is 0 Å². The Balaban J connectivity index is 2.68. The molecule has 1 fully saturated rings. The zero-order valence-corrected chi connectivity index (χ0v) is 7.76. The van der Waals surface area contributed by atoms with Crippen molar-refractivity contribution in [2.45, 2.75) is 12.2 Å². The lowest BCUT2D eigenvalue weighted by molar-refractivity contribution is -0.146. The van der Waals surface area contributed by atoms with Crippen molar-refractivity contribution in [3.8, 4) is 0 Å². The fourth-order valence-corrected chi connectivity index (χ4v) is 1.62. The molecule has 1 atom stereocenters. The van der Waals surface area contributed by atoms with Gasteiger partial charge in [-0.25, -0.2) is 10.9 Å². The number of rotatable bonds is 2. The van der Waals surface area contributed by atoms with E-state index in [1.54, 1.807) is 6.92 Å². The maximum Gasteiger partial charge on any atom is 0.329 e. The minimum absolute atomic E-state index is 0.136. The van der Waals surface area contributed by atoms with Crippen LogP contribution < -0.4 is 5.84 Å². The van der Waals surface area contributed by atoms with E-state index in [4.69, 9.17) is 11.3 Å². The molecular formula is C6H9N3O3S. The molecule has 0 spiro atoms. The maximum atomic E-state index is 11.2. The predicted octanol–water partition coefficient (Wildman–Crippen LogP) is -0.698. The van der Waals surface area contributed by atoms with Crippen LogP contribution in [0.3, 0.4) is 0 Å². The fraction of sp³-hybridized carbons (Fsp3) is 0.500. The van der Waals surface area contributed by atoms with E-state index in [0.29, 0.717) is 5.01 Å². The SMILES string of the molecule is CCOC(=O)[C@@H]1SC(=N)N(N)C1=O. The summed E-state index contributed by atoms with van der Waals surface area (Å²) >= 11 is 0.790. The van der Waals surface area contributed by atoms with Gasteiger partial charge in [0, 0.05) is 0 Å². The van der Waals surface area contributed by atoms with E-state index in [1.807, 2.05) is 0 Å². The van der Waals surface area contributed by atoms with Crippen molar-refractivity contribution in [1.82, 2.24) is 5.01 Å². The Morgan fingerprint density at radius 1 is 1.85 bits per heavy atom. The normalized spacial score (nSPS) is 22.3. The Kier molecular flexibility index (Phi) is 2.89. The quantitative estimate of drug-likeness (QED) is 0.268. The molecule has 0 radical (unpaired) electrons. The lowest BCUT2D eigenvalue weighted by Crippen LogP contribution is -2.40. The second-order valence-corrected chi connectivity index (χ2v) is 3.36. The third kappa shape index (κ3) is 1.81. The summed E-state index contributed by atoms with van der Waals surface area (Å²) in [5.74, 6) is 3.93. The van der Waals surface area contributed by atoms with Gasteiger partial charge in [-0.15, -0.1) is 0 Å². The Morgan fingerprint density at radius 3 is 2.85 bits per heavy atom. The number of esters is 1. The van der Waals surface area contributed by atoms with Gasteiger partial charge in [0.1, 0.15) is 0 Å². The number of hydrazine groups is 1. The minimum Gasteiger partial charge on any atom is -0.465 e. The van der Waals surface area contributed by atoms with Crippen molar-refractivity contribution >= 4 is 28.8 Å². The Hall–Kier alpha value is -1.08. The number of hydrogen-bond acceptors (Lipinski definition) is 6. The van der Waals surface area contributed by atoms with Crippen LogP contribution in [0.15, 0.2) is 0 Å². The second-order valence-electron chi connectivity index (χ2n) is 2.26. The Bertz CT molecular complexity index is 268. The molecule has 0 aromatic carbocycles. The molecular weight excluding hydrogens is 194 g/mol. The zero-order valence-electron chi connectivity index (χ0n) is 6.94. The molecule has 0 aromatic rings. The number of carbonyl (C=O) groups excluding carboxylic acids is 2. The molecule has 1 heterocycles. The van der Waals surface area contributed by atoms with Crippen LogP contribution in [0, 0.1) is 5.41 Å². The number of carbonyl (C=O) groups is 2. The first-order chi connectivity index (χ1) is 6.07. The molecule has 7 heteroatoms. The van der Waals surface area contributed by atoms with Crippen LogP contribution >= 0.6 is 11.8 Å². The number of amidine groups is 1. The van der Waals surface area contributed by atoms with E-state index in [0.717, 1.165) is 11.8 Å². The molecule has 0 aliphatic carbocycles. The monoisotopic (exact) mass is 203 g/mol. The lowest BCUT2D eigenvalue weighted by Gasteiger charge is -2.06. The average molecular weight is 203 g/mol. The minimum atomic E-state index is -1.00. The van der Waals surface area contributed by atoms with Gasteiger partial charge in [-0.05, 0) is 6.92 Å². The van der Waals surface area contributed by atoms with Crippen molar-refractivity contribution < 1.29 is 14.3 Å². The second kappa shape index (κ2) is 3.75. The molecule has 13 heavy (non-hydrogen) atoms. The van der Waals surface area contributed by atoms with Crippen molar-refractivity contribution in [2.75, 3.05) is 6.61 Å². The summed E-state index contributed by atoms with van der Waals surface area (Å²) in [5, 5.41) is 6.68. The van der Waals surface area contributed by atoms with Crippen molar-refractivity contribution in [2.24, 2.45) is 5.84 Å². The highest BCUT2D eigenvalue weighted by molar-refractivity contribution is 8.16. The van der Waals surface area contributed by atoms with Gasteiger partial charge in [-0.3, -0.25) is 15.0 Å². The van der Waals surface area contributed by atoms with Crippen LogP contribution in [-0.4, -0.2) is 33.9 Å². The van der Waals surface area contributed by atoms with E-state index in [1.165, 1.54) is 0 Å². The van der Waals surface area contributed by atoms with Crippen molar-refractivity contribution in [3.05, 3.63) is 0 Å². The van der Waals surface area contributed by atoms with Gasteiger partial charge in [0.15, 0.2) is 10.4 Å². The van der Waals surface area contributed by atoms with Gasteiger partial charge in [0.25, 0.3) is 5.91 Å². The lowest BCUT2D eigenvalue weighted by atomic mass is 10.4. The van der Waals surface area contributed by atoms with Crippen molar-refractivity contribution in [3.63, 3.8) is 0 Å². The van der Waals surface area contributed by atoms with Gasteiger partial charge in [-0.2, -0.15) is 0 Å². The smallest absolute Gasteiger partial charge is 0.329 e. The number of thioether (sulfide) groups is 1. The third-order valence-electron chi connectivity index (χ3n) is 1.41. The largest absolute Gasteiger partial charge is 0.465 e. The van der Waals surface area contributed by atoms with Gasteiger partial charge in [0.05, 0.1) is 6.61 Å². The first-order valence-electron chi connectivity index (χ1n) is 3.58. The number of nitrogens with two attached hydrogens (primary N) is 1. The molecule has 6 nitrogen and oxygen atoms in total. The Morgan fingerprint density at radius 2 is 2.46 bits per heavy atom. The van der Waals surface area contributed by atoms with E-state index in [2.05, 4.69) is 4.74 Å². The predicted molar refractivity (Wildman–Crippen MR) is 46.8 cm³/mol. The standard InChI is InChI=1S/C6H9N3O3S/c1-2-12-5(11)3-4(10)9(8)6(7)13-3/h3,7H,2,8H2,1H3/t3-/m1/s1. The highest BCUT2D eigenvalue weighted by atomic mass is 32.2. The summed E-state index contributed by atoms with van der Waals surface area (Å²) in [6.07, 6.45) is 0. The molecule has 1 aliphatic heterocycles. The molecule has 1 amide bonds. The number of nitrogens with one attached hydrogen (secondary N) is 1. The average Bonchev–Trinajstić information content (AvgIpc) is 2.33. The summed E-state index contributed by atoms with van der Waals surface area (Å²) in [6.45, 7) is 1.86. The van der Waals surface area contributed by atoms with E-state index in [-0.39, 0.29) is 11.8 Å². The van der Waals surface area contributed by atoms with Crippen molar-refractivity contribution in [1.29, 1.82) is 5.41 Å². The van der Waals surface area contributed by atoms with E-state index in [9.17, 15) is 9.59 Å².